The molecule has 5 heteroatoms. The summed E-state index contributed by atoms with van der Waals surface area (Å²) in [5, 5.41) is 3.38. The quantitative estimate of drug-likeness (QED) is 0.823. The van der Waals surface area contributed by atoms with E-state index in [1.807, 2.05) is 0 Å². The summed E-state index contributed by atoms with van der Waals surface area (Å²) in [7, 11) is 1.35. The average molecular weight is 258 g/mol. The molecule has 1 atom stereocenters. The molecular formula is C12H13ClFNO2. The first kappa shape index (κ1) is 12.3. The van der Waals surface area contributed by atoms with Crippen LogP contribution in [0.2, 0.25) is 5.02 Å². The minimum absolute atomic E-state index is 0.263. The van der Waals surface area contributed by atoms with E-state index in [0.29, 0.717) is 25.1 Å². The standard InChI is InChI=1S/C12H13ClFNO2/c1-17-11(16)12(4-5-15-7-12)9-3-2-8(14)6-10(9)13/h2-3,6,15H,4-5,7H2,1H3. The van der Waals surface area contributed by atoms with Crippen LogP contribution in [0.3, 0.4) is 0 Å². The minimum atomic E-state index is -0.792. The van der Waals surface area contributed by atoms with Crippen LogP contribution in [-0.2, 0) is 14.9 Å². The van der Waals surface area contributed by atoms with Crippen molar-refractivity contribution in [2.24, 2.45) is 0 Å². The number of benzene rings is 1. The Hall–Kier alpha value is -1.13. The van der Waals surface area contributed by atoms with Crippen molar-refractivity contribution in [3.63, 3.8) is 0 Å². The zero-order valence-corrected chi connectivity index (χ0v) is 10.2. The SMILES string of the molecule is COC(=O)C1(c2ccc(F)cc2Cl)CCNC1. The predicted molar refractivity (Wildman–Crippen MR) is 62.6 cm³/mol. The van der Waals surface area contributed by atoms with Gasteiger partial charge >= 0.3 is 5.97 Å². The monoisotopic (exact) mass is 257 g/mol. The first-order valence-corrected chi connectivity index (χ1v) is 5.72. The van der Waals surface area contributed by atoms with Crippen LogP contribution in [0.25, 0.3) is 0 Å². The molecule has 1 aromatic carbocycles. The molecule has 1 fully saturated rings. The van der Waals surface area contributed by atoms with Crippen LogP contribution in [0.4, 0.5) is 4.39 Å². The van der Waals surface area contributed by atoms with Gasteiger partial charge in [0.2, 0.25) is 0 Å². The molecule has 1 saturated heterocycles. The molecule has 0 amide bonds. The first-order chi connectivity index (χ1) is 8.10. The molecule has 3 nitrogen and oxygen atoms in total. The Bertz CT molecular complexity index is 444. The van der Waals surface area contributed by atoms with Crippen LogP contribution in [-0.4, -0.2) is 26.2 Å². The Labute approximate surface area is 104 Å². The van der Waals surface area contributed by atoms with E-state index in [9.17, 15) is 9.18 Å². The molecule has 0 bridgehead atoms. The Morgan fingerprint density at radius 1 is 1.59 bits per heavy atom. The molecule has 0 aliphatic carbocycles. The lowest BCUT2D eigenvalue weighted by Crippen LogP contribution is -2.39. The lowest BCUT2D eigenvalue weighted by atomic mass is 9.79. The van der Waals surface area contributed by atoms with Crippen molar-refractivity contribution in [2.75, 3.05) is 20.2 Å². The van der Waals surface area contributed by atoms with Gasteiger partial charge in [-0.05, 0) is 30.7 Å². The van der Waals surface area contributed by atoms with Gasteiger partial charge in [0.15, 0.2) is 0 Å². The lowest BCUT2D eigenvalue weighted by Gasteiger charge is -2.26. The lowest BCUT2D eigenvalue weighted by molar-refractivity contribution is -0.146. The van der Waals surface area contributed by atoms with Gasteiger partial charge in [-0.25, -0.2) is 4.39 Å². The second-order valence-electron chi connectivity index (χ2n) is 4.12. The van der Waals surface area contributed by atoms with Gasteiger partial charge in [-0.3, -0.25) is 4.79 Å². The third kappa shape index (κ3) is 2.03. The highest BCUT2D eigenvalue weighted by molar-refractivity contribution is 6.31. The van der Waals surface area contributed by atoms with Gasteiger partial charge in [0.25, 0.3) is 0 Å². The topological polar surface area (TPSA) is 38.3 Å². The Kier molecular flexibility index (Phi) is 3.35. The number of ether oxygens (including phenoxy) is 1. The zero-order valence-electron chi connectivity index (χ0n) is 9.43. The van der Waals surface area contributed by atoms with Crippen molar-refractivity contribution >= 4 is 17.6 Å². The first-order valence-electron chi connectivity index (χ1n) is 5.35. The van der Waals surface area contributed by atoms with E-state index in [-0.39, 0.29) is 11.0 Å². The summed E-state index contributed by atoms with van der Waals surface area (Å²) >= 11 is 6.02. The molecule has 0 radical (unpaired) electrons. The highest BCUT2D eigenvalue weighted by Gasteiger charge is 2.45. The summed E-state index contributed by atoms with van der Waals surface area (Å²) in [6.45, 7) is 1.17. The summed E-state index contributed by atoms with van der Waals surface area (Å²) in [5.74, 6) is -0.749. The summed E-state index contributed by atoms with van der Waals surface area (Å²) in [4.78, 5) is 12.0. The highest BCUT2D eigenvalue weighted by Crippen LogP contribution is 2.36. The highest BCUT2D eigenvalue weighted by atomic mass is 35.5. The fourth-order valence-electron chi connectivity index (χ4n) is 2.28. The molecule has 17 heavy (non-hydrogen) atoms. The molecule has 2 rings (SSSR count). The number of carbonyl (C=O) groups is 1. The van der Waals surface area contributed by atoms with Crippen molar-refractivity contribution in [3.8, 4) is 0 Å². The molecule has 1 unspecified atom stereocenters. The Balaban J connectivity index is 2.49. The molecule has 0 aromatic heterocycles. The fraction of sp³-hybridized carbons (Fsp3) is 0.417. The minimum Gasteiger partial charge on any atom is -0.468 e. The van der Waals surface area contributed by atoms with Gasteiger partial charge < -0.3 is 10.1 Å². The Morgan fingerprint density at radius 2 is 2.35 bits per heavy atom. The van der Waals surface area contributed by atoms with Gasteiger partial charge in [-0.1, -0.05) is 17.7 Å². The van der Waals surface area contributed by atoms with E-state index in [1.165, 1.54) is 19.2 Å². The number of hydrogen-bond acceptors (Lipinski definition) is 3. The van der Waals surface area contributed by atoms with Crippen LogP contribution in [0.1, 0.15) is 12.0 Å². The molecule has 1 heterocycles. The maximum absolute atomic E-state index is 13.0. The Morgan fingerprint density at radius 3 is 2.88 bits per heavy atom. The molecule has 0 saturated carbocycles. The largest absolute Gasteiger partial charge is 0.468 e. The van der Waals surface area contributed by atoms with Crippen LogP contribution < -0.4 is 5.32 Å². The number of esters is 1. The fourth-order valence-corrected chi connectivity index (χ4v) is 2.63. The van der Waals surface area contributed by atoms with Crippen molar-refractivity contribution in [3.05, 3.63) is 34.6 Å². The number of nitrogens with one attached hydrogen (secondary N) is 1. The van der Waals surface area contributed by atoms with Crippen molar-refractivity contribution in [2.45, 2.75) is 11.8 Å². The third-order valence-electron chi connectivity index (χ3n) is 3.18. The molecule has 0 spiro atoms. The molecule has 1 N–H and O–H groups in total. The second kappa shape index (κ2) is 4.63. The molecule has 1 aliphatic rings. The number of carbonyl (C=O) groups excluding carboxylic acids is 1. The van der Waals surface area contributed by atoms with E-state index in [1.54, 1.807) is 6.07 Å². The normalized spacial score (nSPS) is 23.7. The van der Waals surface area contributed by atoms with Crippen LogP contribution in [0.15, 0.2) is 18.2 Å². The summed E-state index contributed by atoms with van der Waals surface area (Å²) in [6, 6.07) is 4.09. The number of rotatable bonds is 2. The van der Waals surface area contributed by atoms with Gasteiger partial charge in [0, 0.05) is 11.6 Å². The van der Waals surface area contributed by atoms with Crippen LogP contribution in [0, 0.1) is 5.82 Å². The summed E-state index contributed by atoms with van der Waals surface area (Å²) < 4.78 is 17.9. The van der Waals surface area contributed by atoms with Crippen molar-refractivity contribution in [1.82, 2.24) is 5.32 Å². The van der Waals surface area contributed by atoms with Gasteiger partial charge in [-0.2, -0.15) is 0 Å². The average Bonchev–Trinajstić information content (AvgIpc) is 2.78. The van der Waals surface area contributed by atoms with E-state index < -0.39 is 11.2 Å². The molecular weight excluding hydrogens is 245 g/mol. The van der Waals surface area contributed by atoms with E-state index >= 15 is 0 Å². The van der Waals surface area contributed by atoms with Gasteiger partial charge in [0.05, 0.1) is 7.11 Å². The smallest absolute Gasteiger partial charge is 0.317 e. The molecule has 92 valence electrons. The maximum atomic E-state index is 13.0. The zero-order chi connectivity index (χ0) is 12.5. The number of methoxy groups -OCH3 is 1. The number of hydrogen-bond donors (Lipinski definition) is 1. The van der Waals surface area contributed by atoms with E-state index in [2.05, 4.69) is 5.32 Å². The number of halogens is 2. The van der Waals surface area contributed by atoms with Crippen molar-refractivity contribution in [1.29, 1.82) is 0 Å². The summed E-state index contributed by atoms with van der Waals surface area (Å²) in [6.07, 6.45) is 0.602. The predicted octanol–water partition coefficient (Wildman–Crippen LogP) is 1.88. The van der Waals surface area contributed by atoms with Crippen LogP contribution >= 0.6 is 11.6 Å². The molecule has 1 aromatic rings. The van der Waals surface area contributed by atoms with Gasteiger partial charge in [-0.15, -0.1) is 0 Å². The van der Waals surface area contributed by atoms with E-state index in [0.717, 1.165) is 0 Å². The summed E-state index contributed by atoms with van der Waals surface area (Å²) in [5.41, 5.74) is -0.170. The van der Waals surface area contributed by atoms with Gasteiger partial charge in [0.1, 0.15) is 11.2 Å². The maximum Gasteiger partial charge on any atom is 0.317 e. The van der Waals surface area contributed by atoms with Crippen molar-refractivity contribution < 1.29 is 13.9 Å². The van der Waals surface area contributed by atoms with E-state index in [4.69, 9.17) is 16.3 Å². The third-order valence-corrected chi connectivity index (χ3v) is 3.49. The van der Waals surface area contributed by atoms with Crippen LogP contribution in [0.5, 0.6) is 0 Å². The second-order valence-corrected chi connectivity index (χ2v) is 4.53. The molecule has 1 aliphatic heterocycles.